The summed E-state index contributed by atoms with van der Waals surface area (Å²) in [6, 6.07) is 8.91. The fourth-order valence-corrected chi connectivity index (χ4v) is 1.40. The van der Waals surface area contributed by atoms with Crippen molar-refractivity contribution in [1.82, 2.24) is 0 Å². The molecule has 2 N–H and O–H groups in total. The number of hydrogen-bond donors (Lipinski definition) is 2. The molecule has 0 amide bonds. The van der Waals surface area contributed by atoms with Gasteiger partial charge in [0.2, 0.25) is 0 Å². The van der Waals surface area contributed by atoms with E-state index in [-0.39, 0.29) is 5.92 Å². The van der Waals surface area contributed by atoms with E-state index in [4.69, 9.17) is 5.11 Å². The van der Waals surface area contributed by atoms with Crippen molar-refractivity contribution in [2.24, 2.45) is 5.92 Å². The Morgan fingerprint density at radius 3 is 2.47 bits per heavy atom. The van der Waals surface area contributed by atoms with Gasteiger partial charge in [0.1, 0.15) is 6.04 Å². The Kier molecular flexibility index (Phi) is 4.16. The first-order chi connectivity index (χ1) is 7.15. The molecule has 0 aromatic heterocycles. The number of anilines is 1. The minimum atomic E-state index is -0.798. The molecule has 3 nitrogen and oxygen atoms in total. The number of hydrogen-bond acceptors (Lipinski definition) is 2. The van der Waals surface area contributed by atoms with Gasteiger partial charge in [-0.1, -0.05) is 38.5 Å². The molecule has 0 saturated carbocycles. The standard InChI is InChI=1S/C12H17NO2/c1-3-9(2)11(12(14)15)13-10-7-5-4-6-8-10/h4-9,11,13H,3H2,1-2H3,(H,14,15)/t9-,11+/m0/s1. The molecule has 0 aliphatic rings. The third kappa shape index (κ3) is 3.27. The highest BCUT2D eigenvalue weighted by Gasteiger charge is 2.22. The summed E-state index contributed by atoms with van der Waals surface area (Å²) in [5, 5.41) is 12.1. The fraction of sp³-hybridized carbons (Fsp3) is 0.417. The zero-order valence-electron chi connectivity index (χ0n) is 9.10. The third-order valence-electron chi connectivity index (χ3n) is 2.57. The number of rotatable bonds is 5. The fourth-order valence-electron chi connectivity index (χ4n) is 1.40. The van der Waals surface area contributed by atoms with E-state index in [1.807, 2.05) is 44.2 Å². The van der Waals surface area contributed by atoms with E-state index in [2.05, 4.69) is 5.32 Å². The van der Waals surface area contributed by atoms with E-state index in [0.29, 0.717) is 0 Å². The van der Waals surface area contributed by atoms with E-state index in [0.717, 1.165) is 12.1 Å². The van der Waals surface area contributed by atoms with Crippen LogP contribution in [0, 0.1) is 5.92 Å². The Bertz CT molecular complexity index is 311. The van der Waals surface area contributed by atoms with Crippen LogP contribution in [0.3, 0.4) is 0 Å². The van der Waals surface area contributed by atoms with E-state index in [1.54, 1.807) is 0 Å². The smallest absolute Gasteiger partial charge is 0.326 e. The van der Waals surface area contributed by atoms with Gasteiger partial charge in [-0.05, 0) is 18.1 Å². The summed E-state index contributed by atoms with van der Waals surface area (Å²) in [7, 11) is 0. The summed E-state index contributed by atoms with van der Waals surface area (Å²) in [6.07, 6.45) is 0.844. The van der Waals surface area contributed by atoms with Gasteiger partial charge >= 0.3 is 5.97 Å². The minimum Gasteiger partial charge on any atom is -0.480 e. The lowest BCUT2D eigenvalue weighted by Crippen LogP contribution is -2.35. The number of para-hydroxylation sites is 1. The Balaban J connectivity index is 2.71. The summed E-state index contributed by atoms with van der Waals surface area (Å²) in [5.41, 5.74) is 0.852. The summed E-state index contributed by atoms with van der Waals surface area (Å²) in [4.78, 5) is 11.0. The maximum Gasteiger partial charge on any atom is 0.326 e. The molecule has 0 unspecified atom stereocenters. The van der Waals surface area contributed by atoms with Crippen molar-refractivity contribution in [1.29, 1.82) is 0 Å². The topological polar surface area (TPSA) is 49.3 Å². The molecule has 15 heavy (non-hydrogen) atoms. The van der Waals surface area contributed by atoms with E-state index >= 15 is 0 Å². The first-order valence-electron chi connectivity index (χ1n) is 5.19. The van der Waals surface area contributed by atoms with Crippen LogP contribution in [0.2, 0.25) is 0 Å². The van der Waals surface area contributed by atoms with Crippen molar-refractivity contribution in [3.63, 3.8) is 0 Å². The van der Waals surface area contributed by atoms with Gasteiger partial charge in [-0.15, -0.1) is 0 Å². The molecule has 0 aliphatic carbocycles. The number of carbonyl (C=O) groups is 1. The van der Waals surface area contributed by atoms with Crippen molar-refractivity contribution in [2.75, 3.05) is 5.32 Å². The Hall–Kier alpha value is -1.51. The van der Waals surface area contributed by atoms with Crippen LogP contribution in [0.25, 0.3) is 0 Å². The average molecular weight is 207 g/mol. The summed E-state index contributed by atoms with van der Waals surface area (Å²) in [5.74, 6) is -0.684. The number of carboxylic acid groups (broad SMARTS) is 1. The highest BCUT2D eigenvalue weighted by Crippen LogP contribution is 2.14. The predicted molar refractivity (Wildman–Crippen MR) is 60.9 cm³/mol. The summed E-state index contributed by atoms with van der Waals surface area (Å²) >= 11 is 0. The highest BCUT2D eigenvalue weighted by molar-refractivity contribution is 5.77. The van der Waals surface area contributed by atoms with Gasteiger partial charge in [0.15, 0.2) is 0 Å². The maximum atomic E-state index is 11.0. The monoisotopic (exact) mass is 207 g/mol. The zero-order valence-corrected chi connectivity index (χ0v) is 9.10. The van der Waals surface area contributed by atoms with Gasteiger partial charge in [0.05, 0.1) is 0 Å². The Morgan fingerprint density at radius 2 is 2.00 bits per heavy atom. The van der Waals surface area contributed by atoms with Crippen LogP contribution in [0.4, 0.5) is 5.69 Å². The second kappa shape index (κ2) is 5.39. The first kappa shape index (κ1) is 11.6. The van der Waals surface area contributed by atoms with Gasteiger partial charge in [0.25, 0.3) is 0 Å². The van der Waals surface area contributed by atoms with E-state index in [1.165, 1.54) is 0 Å². The second-order valence-electron chi connectivity index (χ2n) is 3.71. The molecule has 1 aromatic rings. The molecule has 3 heteroatoms. The van der Waals surface area contributed by atoms with Crippen molar-refractivity contribution in [2.45, 2.75) is 26.3 Å². The Labute approximate surface area is 90.1 Å². The molecule has 0 spiro atoms. The van der Waals surface area contributed by atoms with Gasteiger partial charge in [0, 0.05) is 5.69 Å². The molecule has 0 fully saturated rings. The average Bonchev–Trinajstić information content (AvgIpc) is 2.26. The van der Waals surface area contributed by atoms with Crippen molar-refractivity contribution >= 4 is 11.7 Å². The zero-order chi connectivity index (χ0) is 11.3. The van der Waals surface area contributed by atoms with Crippen LogP contribution < -0.4 is 5.32 Å². The van der Waals surface area contributed by atoms with Gasteiger partial charge in [-0.25, -0.2) is 4.79 Å². The van der Waals surface area contributed by atoms with Gasteiger partial charge in [-0.3, -0.25) is 0 Å². The molecule has 82 valence electrons. The molecular weight excluding hydrogens is 190 g/mol. The van der Waals surface area contributed by atoms with Crippen LogP contribution in [-0.4, -0.2) is 17.1 Å². The van der Waals surface area contributed by atoms with Crippen LogP contribution in [0.15, 0.2) is 30.3 Å². The van der Waals surface area contributed by atoms with Crippen molar-refractivity contribution in [3.8, 4) is 0 Å². The van der Waals surface area contributed by atoms with Crippen molar-refractivity contribution < 1.29 is 9.90 Å². The third-order valence-corrected chi connectivity index (χ3v) is 2.57. The van der Waals surface area contributed by atoms with E-state index < -0.39 is 12.0 Å². The van der Waals surface area contributed by atoms with Crippen LogP contribution in [0.1, 0.15) is 20.3 Å². The number of aliphatic carboxylic acids is 1. The lowest BCUT2D eigenvalue weighted by atomic mass is 9.99. The lowest BCUT2D eigenvalue weighted by Gasteiger charge is -2.21. The quantitative estimate of drug-likeness (QED) is 0.780. The first-order valence-corrected chi connectivity index (χ1v) is 5.19. The Morgan fingerprint density at radius 1 is 1.40 bits per heavy atom. The SMILES string of the molecule is CC[C@H](C)[C@@H](Nc1ccccc1)C(=O)O. The highest BCUT2D eigenvalue weighted by atomic mass is 16.4. The maximum absolute atomic E-state index is 11.0. The summed E-state index contributed by atoms with van der Waals surface area (Å²) < 4.78 is 0. The van der Waals surface area contributed by atoms with Gasteiger partial charge in [-0.2, -0.15) is 0 Å². The normalized spacial score (nSPS) is 14.3. The molecule has 0 heterocycles. The largest absolute Gasteiger partial charge is 0.480 e. The van der Waals surface area contributed by atoms with Crippen LogP contribution in [0.5, 0.6) is 0 Å². The van der Waals surface area contributed by atoms with Gasteiger partial charge < -0.3 is 10.4 Å². The molecule has 0 radical (unpaired) electrons. The number of carboxylic acids is 1. The molecule has 0 aliphatic heterocycles. The van der Waals surface area contributed by atoms with E-state index in [9.17, 15) is 4.79 Å². The number of nitrogens with one attached hydrogen (secondary N) is 1. The molecular formula is C12H17NO2. The minimum absolute atomic E-state index is 0.114. The second-order valence-corrected chi connectivity index (χ2v) is 3.71. The van der Waals surface area contributed by atoms with Crippen molar-refractivity contribution in [3.05, 3.63) is 30.3 Å². The molecule has 2 atom stereocenters. The number of benzene rings is 1. The van der Waals surface area contributed by atoms with Crippen LogP contribution in [-0.2, 0) is 4.79 Å². The molecule has 1 rings (SSSR count). The predicted octanol–water partition coefficient (Wildman–Crippen LogP) is 2.60. The molecule has 0 saturated heterocycles. The lowest BCUT2D eigenvalue weighted by molar-refractivity contribution is -0.139. The molecule has 0 bridgehead atoms. The van der Waals surface area contributed by atoms with Crippen LogP contribution >= 0.6 is 0 Å². The molecule has 1 aromatic carbocycles. The summed E-state index contributed by atoms with van der Waals surface area (Å²) in [6.45, 7) is 3.93.